The van der Waals surface area contributed by atoms with Crippen molar-refractivity contribution in [2.45, 2.75) is 6.42 Å². The normalized spacial score (nSPS) is 14.5. The molecule has 2 aromatic carbocycles. The second-order valence-electron chi connectivity index (χ2n) is 5.81. The van der Waals surface area contributed by atoms with Gasteiger partial charge in [0.1, 0.15) is 5.82 Å². The molecule has 3 heterocycles. The van der Waals surface area contributed by atoms with Crippen LogP contribution in [0.1, 0.15) is 5.56 Å². The van der Waals surface area contributed by atoms with E-state index in [2.05, 4.69) is 33.4 Å². The molecule has 6 heteroatoms. The Morgan fingerprint density at radius 3 is 2.92 bits per heavy atom. The van der Waals surface area contributed by atoms with E-state index in [0.29, 0.717) is 0 Å². The molecule has 1 N–H and O–H groups in total. The summed E-state index contributed by atoms with van der Waals surface area (Å²) >= 11 is 3.53. The lowest BCUT2D eigenvalue weighted by Crippen LogP contribution is -2.04. The highest BCUT2D eigenvalue weighted by Crippen LogP contribution is 2.39. The molecule has 120 valence electrons. The van der Waals surface area contributed by atoms with Crippen LogP contribution in [0.2, 0.25) is 0 Å². The zero-order valence-electron chi connectivity index (χ0n) is 12.8. The Morgan fingerprint density at radius 1 is 1.08 bits per heavy atom. The summed E-state index contributed by atoms with van der Waals surface area (Å²) in [6.45, 7) is 1.21. The Balaban J connectivity index is 1.67. The summed E-state index contributed by atoms with van der Waals surface area (Å²) in [5.41, 5.74) is 4.32. The number of halogens is 1. The summed E-state index contributed by atoms with van der Waals surface area (Å²) in [4.78, 5) is 0. The van der Waals surface area contributed by atoms with Crippen molar-refractivity contribution in [1.29, 1.82) is 0 Å². The summed E-state index contributed by atoms with van der Waals surface area (Å²) in [6.07, 6.45) is 0.965. The minimum atomic E-state index is 0.283. The Hall–Kier alpha value is -2.47. The van der Waals surface area contributed by atoms with Crippen molar-refractivity contribution in [3.63, 3.8) is 0 Å². The van der Waals surface area contributed by atoms with E-state index in [1.54, 1.807) is 0 Å². The lowest BCUT2D eigenvalue weighted by Gasteiger charge is -2.06. The van der Waals surface area contributed by atoms with Crippen LogP contribution in [0.5, 0.6) is 11.5 Å². The van der Waals surface area contributed by atoms with E-state index in [-0.39, 0.29) is 6.79 Å². The summed E-state index contributed by atoms with van der Waals surface area (Å²) in [6, 6.07) is 14.2. The molecule has 0 aliphatic carbocycles. The van der Waals surface area contributed by atoms with Gasteiger partial charge in [0, 0.05) is 22.1 Å². The van der Waals surface area contributed by atoms with Crippen molar-refractivity contribution in [3.8, 4) is 28.4 Å². The molecule has 0 saturated heterocycles. The molecule has 3 aromatic rings. The van der Waals surface area contributed by atoms with Gasteiger partial charge in [-0.2, -0.15) is 5.10 Å². The molecular formula is C18H14BrN3O2. The van der Waals surface area contributed by atoms with Crippen LogP contribution in [0.4, 0.5) is 5.82 Å². The van der Waals surface area contributed by atoms with Crippen molar-refractivity contribution in [2.75, 3.05) is 18.7 Å². The van der Waals surface area contributed by atoms with Crippen LogP contribution in [-0.4, -0.2) is 23.1 Å². The molecule has 5 nitrogen and oxygen atoms in total. The fourth-order valence-corrected chi connectivity index (χ4v) is 3.63. The first-order chi connectivity index (χ1) is 11.8. The molecule has 0 saturated carbocycles. The van der Waals surface area contributed by atoms with E-state index in [0.717, 1.165) is 51.7 Å². The van der Waals surface area contributed by atoms with E-state index in [9.17, 15) is 0 Å². The number of hydrogen-bond acceptors (Lipinski definition) is 4. The van der Waals surface area contributed by atoms with Gasteiger partial charge in [-0.25, -0.2) is 4.68 Å². The highest BCUT2D eigenvalue weighted by Gasteiger charge is 2.25. The molecule has 2 aliphatic heterocycles. The molecule has 0 bridgehead atoms. The topological polar surface area (TPSA) is 48.3 Å². The van der Waals surface area contributed by atoms with Crippen molar-refractivity contribution < 1.29 is 9.47 Å². The molecular weight excluding hydrogens is 370 g/mol. The van der Waals surface area contributed by atoms with Gasteiger partial charge < -0.3 is 14.8 Å². The van der Waals surface area contributed by atoms with Gasteiger partial charge >= 0.3 is 0 Å². The number of nitrogens with zero attached hydrogens (tertiary/aromatic N) is 2. The Morgan fingerprint density at radius 2 is 2.00 bits per heavy atom. The van der Waals surface area contributed by atoms with E-state index in [4.69, 9.17) is 14.6 Å². The van der Waals surface area contributed by atoms with Gasteiger partial charge in [-0.15, -0.1) is 0 Å². The van der Waals surface area contributed by atoms with Gasteiger partial charge in [0.2, 0.25) is 6.79 Å². The van der Waals surface area contributed by atoms with Crippen LogP contribution in [0.15, 0.2) is 46.9 Å². The minimum absolute atomic E-state index is 0.283. The summed E-state index contributed by atoms with van der Waals surface area (Å²) in [5.74, 6) is 2.64. The second-order valence-corrected chi connectivity index (χ2v) is 6.73. The van der Waals surface area contributed by atoms with Crippen LogP contribution in [0.25, 0.3) is 16.9 Å². The third-order valence-corrected chi connectivity index (χ3v) is 4.84. The first kappa shape index (κ1) is 13.9. The number of anilines is 1. The second kappa shape index (κ2) is 5.27. The molecule has 1 aromatic heterocycles. The largest absolute Gasteiger partial charge is 0.454 e. The van der Waals surface area contributed by atoms with Gasteiger partial charge in [-0.05, 0) is 42.8 Å². The minimum Gasteiger partial charge on any atom is -0.454 e. The maximum Gasteiger partial charge on any atom is 0.231 e. The lowest BCUT2D eigenvalue weighted by atomic mass is 10.1. The van der Waals surface area contributed by atoms with Crippen molar-refractivity contribution in [3.05, 3.63) is 52.5 Å². The summed E-state index contributed by atoms with van der Waals surface area (Å²) in [5, 5.41) is 8.33. The zero-order chi connectivity index (χ0) is 16.1. The van der Waals surface area contributed by atoms with Gasteiger partial charge in [-0.1, -0.05) is 22.0 Å². The highest BCUT2D eigenvalue weighted by atomic mass is 79.9. The molecule has 2 aliphatic rings. The Kier molecular flexibility index (Phi) is 3.06. The van der Waals surface area contributed by atoms with Crippen molar-refractivity contribution in [2.24, 2.45) is 0 Å². The SMILES string of the molecule is Brc1cccc(-n2nc(-c3ccc4c(c3)OCO4)c3c2NCC3)c1. The van der Waals surface area contributed by atoms with E-state index in [1.165, 1.54) is 5.56 Å². The van der Waals surface area contributed by atoms with E-state index < -0.39 is 0 Å². The number of rotatable bonds is 2. The number of aromatic nitrogens is 2. The predicted molar refractivity (Wildman–Crippen MR) is 95.0 cm³/mol. The quantitative estimate of drug-likeness (QED) is 0.726. The maximum absolute atomic E-state index is 5.51. The van der Waals surface area contributed by atoms with Gasteiger partial charge in [0.15, 0.2) is 11.5 Å². The predicted octanol–water partition coefficient (Wildman–Crippen LogP) is 4.00. The van der Waals surface area contributed by atoms with Gasteiger partial charge in [0.25, 0.3) is 0 Å². The first-order valence-electron chi connectivity index (χ1n) is 7.81. The molecule has 0 amide bonds. The van der Waals surface area contributed by atoms with Gasteiger partial charge in [-0.3, -0.25) is 0 Å². The summed E-state index contributed by atoms with van der Waals surface area (Å²) < 4.78 is 13.9. The van der Waals surface area contributed by atoms with Crippen LogP contribution >= 0.6 is 15.9 Å². The fraction of sp³-hybridized carbons (Fsp3) is 0.167. The van der Waals surface area contributed by atoms with Crippen LogP contribution in [0, 0.1) is 0 Å². The number of benzene rings is 2. The number of hydrogen-bond donors (Lipinski definition) is 1. The van der Waals surface area contributed by atoms with E-state index >= 15 is 0 Å². The number of ether oxygens (including phenoxy) is 2. The van der Waals surface area contributed by atoms with Crippen LogP contribution in [0.3, 0.4) is 0 Å². The summed E-state index contributed by atoms with van der Waals surface area (Å²) in [7, 11) is 0. The smallest absolute Gasteiger partial charge is 0.231 e. The molecule has 0 fully saturated rings. The molecule has 0 radical (unpaired) electrons. The first-order valence-corrected chi connectivity index (χ1v) is 8.60. The van der Waals surface area contributed by atoms with Crippen molar-refractivity contribution >= 4 is 21.7 Å². The monoisotopic (exact) mass is 383 g/mol. The molecule has 5 rings (SSSR count). The lowest BCUT2D eigenvalue weighted by molar-refractivity contribution is 0.174. The Bertz CT molecular complexity index is 951. The van der Waals surface area contributed by atoms with Crippen LogP contribution in [-0.2, 0) is 6.42 Å². The molecule has 24 heavy (non-hydrogen) atoms. The Labute approximate surface area is 147 Å². The molecule has 0 spiro atoms. The van der Waals surface area contributed by atoms with E-state index in [1.807, 2.05) is 35.0 Å². The number of fused-ring (bicyclic) bond motifs is 2. The highest BCUT2D eigenvalue weighted by molar-refractivity contribution is 9.10. The zero-order valence-corrected chi connectivity index (χ0v) is 14.3. The molecule has 0 atom stereocenters. The average Bonchev–Trinajstić information content (AvgIpc) is 3.30. The average molecular weight is 384 g/mol. The van der Waals surface area contributed by atoms with Crippen molar-refractivity contribution in [1.82, 2.24) is 9.78 Å². The third kappa shape index (κ3) is 2.10. The number of nitrogens with one attached hydrogen (secondary N) is 1. The standard InChI is InChI=1S/C18H14BrN3O2/c19-12-2-1-3-13(9-12)22-18-14(6-7-20-18)17(21-22)11-4-5-15-16(8-11)24-10-23-15/h1-5,8-9,20H,6-7,10H2. The third-order valence-electron chi connectivity index (χ3n) is 4.35. The maximum atomic E-state index is 5.51. The van der Waals surface area contributed by atoms with Gasteiger partial charge in [0.05, 0.1) is 11.4 Å². The van der Waals surface area contributed by atoms with Crippen LogP contribution < -0.4 is 14.8 Å². The molecule has 0 unspecified atom stereocenters. The fourth-order valence-electron chi connectivity index (χ4n) is 3.25.